The lowest BCUT2D eigenvalue weighted by molar-refractivity contribution is -0.227. The number of ether oxygens (including phenoxy) is 2. The molecule has 0 radical (unpaired) electrons. The molecule has 2 atom stereocenters. The molecule has 0 heterocycles. The van der Waals surface area contributed by atoms with E-state index < -0.39 is 70.1 Å². The Balaban J connectivity index is 0.000000229. The largest absolute Gasteiger partial charge is 0.416 e. The third-order valence-corrected chi connectivity index (χ3v) is 12.6. The van der Waals surface area contributed by atoms with E-state index in [9.17, 15) is 57.9 Å². The Labute approximate surface area is 380 Å². The fraction of sp³-hybridized carbons (Fsp3) is 0.373. The number of halogens is 12. The molecule has 2 fully saturated rings. The smallest absolute Gasteiger partial charge is 0.373 e. The van der Waals surface area contributed by atoms with Crippen LogP contribution < -0.4 is 0 Å². The minimum Gasteiger partial charge on any atom is -0.373 e. The van der Waals surface area contributed by atoms with Crippen molar-refractivity contribution in [1.82, 2.24) is 5.06 Å². The molecular formula is C51H49F12NO3. The van der Waals surface area contributed by atoms with Gasteiger partial charge in [-0.2, -0.15) is 57.7 Å². The van der Waals surface area contributed by atoms with Gasteiger partial charge in [-0.05, 0) is 111 Å². The highest BCUT2D eigenvalue weighted by molar-refractivity contribution is 5.38. The van der Waals surface area contributed by atoms with Crippen molar-refractivity contribution in [3.63, 3.8) is 0 Å². The number of allylic oxidation sites excluding steroid dienone is 1. The van der Waals surface area contributed by atoms with Crippen molar-refractivity contribution in [1.29, 1.82) is 0 Å². The van der Waals surface area contributed by atoms with E-state index >= 15 is 0 Å². The maximum atomic E-state index is 13.3. The van der Waals surface area contributed by atoms with Gasteiger partial charge in [0.25, 0.3) is 0 Å². The summed E-state index contributed by atoms with van der Waals surface area (Å²) in [5.41, 5.74) is -3.41. The molecule has 0 amide bonds. The Kier molecular flexibility index (Phi) is 14.9. The summed E-state index contributed by atoms with van der Waals surface area (Å²) in [6, 6.07) is 31.5. The van der Waals surface area contributed by atoms with Crippen molar-refractivity contribution in [3.8, 4) is 0 Å². The van der Waals surface area contributed by atoms with E-state index in [1.165, 1.54) is 18.9 Å². The van der Waals surface area contributed by atoms with Crippen LogP contribution in [0.2, 0.25) is 0 Å². The van der Waals surface area contributed by atoms with Crippen molar-refractivity contribution < 1.29 is 67.4 Å². The average Bonchev–Trinajstić information content (AvgIpc) is 3.25. The number of hydroxylamine groups is 2. The van der Waals surface area contributed by atoms with E-state index in [0.717, 1.165) is 34.4 Å². The lowest BCUT2D eigenvalue weighted by Gasteiger charge is -2.57. The molecule has 0 aliphatic heterocycles. The van der Waals surface area contributed by atoms with Gasteiger partial charge in [-0.1, -0.05) is 103 Å². The quantitative estimate of drug-likeness (QED) is 0.0725. The highest BCUT2D eigenvalue weighted by Crippen LogP contribution is 2.54. The molecule has 2 aliphatic carbocycles. The van der Waals surface area contributed by atoms with Crippen molar-refractivity contribution >= 4 is 0 Å². The first-order valence-corrected chi connectivity index (χ1v) is 21.2. The monoisotopic (exact) mass is 951 g/mol. The summed E-state index contributed by atoms with van der Waals surface area (Å²) in [6.45, 7) is 9.31. The first-order valence-electron chi connectivity index (χ1n) is 21.2. The van der Waals surface area contributed by atoms with Crippen LogP contribution in [0.25, 0.3) is 0 Å². The van der Waals surface area contributed by atoms with Gasteiger partial charge < -0.3 is 14.7 Å². The first-order chi connectivity index (χ1) is 31.1. The number of rotatable bonds is 13. The van der Waals surface area contributed by atoms with Gasteiger partial charge in [0.1, 0.15) is 0 Å². The molecule has 5 aromatic carbocycles. The molecule has 0 saturated heterocycles. The Hall–Kier alpha value is -5.16. The van der Waals surface area contributed by atoms with Crippen molar-refractivity contribution in [2.45, 2.75) is 106 Å². The molecule has 2 saturated carbocycles. The maximum Gasteiger partial charge on any atom is 0.416 e. The van der Waals surface area contributed by atoms with Crippen LogP contribution >= 0.6 is 0 Å². The topological polar surface area (TPSA) is 41.9 Å². The van der Waals surface area contributed by atoms with Crippen LogP contribution in [-0.2, 0) is 51.6 Å². The number of hydrogen-bond donors (Lipinski definition) is 1. The van der Waals surface area contributed by atoms with Gasteiger partial charge in [-0.15, -0.1) is 0 Å². The number of nitrogens with zero attached hydrogens (tertiary/aromatic N) is 1. The molecular weight excluding hydrogens is 903 g/mol. The van der Waals surface area contributed by atoms with Gasteiger partial charge in [0, 0.05) is 22.9 Å². The third-order valence-electron chi connectivity index (χ3n) is 12.6. The van der Waals surface area contributed by atoms with Crippen LogP contribution in [0.4, 0.5) is 52.7 Å². The lowest BCUT2D eigenvalue weighted by Crippen LogP contribution is -2.62. The van der Waals surface area contributed by atoms with Gasteiger partial charge >= 0.3 is 24.7 Å². The second kappa shape index (κ2) is 19.4. The summed E-state index contributed by atoms with van der Waals surface area (Å²) >= 11 is 0. The molecule has 0 aromatic heterocycles. The normalized spacial score (nSPS) is 20.6. The molecule has 16 heteroatoms. The number of hydrogen-bond acceptors (Lipinski definition) is 4. The van der Waals surface area contributed by atoms with Crippen molar-refractivity contribution in [3.05, 3.63) is 190 Å². The lowest BCUT2D eigenvalue weighted by atomic mass is 9.55. The van der Waals surface area contributed by atoms with E-state index in [1.807, 2.05) is 97.9 Å². The highest BCUT2D eigenvalue weighted by atomic mass is 19.4. The summed E-state index contributed by atoms with van der Waals surface area (Å²) in [5, 5.41) is 12.2. The fourth-order valence-corrected chi connectivity index (χ4v) is 8.99. The van der Waals surface area contributed by atoms with Crippen LogP contribution in [0.1, 0.15) is 109 Å². The zero-order valence-electron chi connectivity index (χ0n) is 36.7. The van der Waals surface area contributed by atoms with Gasteiger partial charge in [-0.3, -0.25) is 0 Å². The van der Waals surface area contributed by atoms with Gasteiger partial charge in [0.05, 0.1) is 47.7 Å². The molecule has 7 rings (SSSR count). The maximum absolute atomic E-state index is 13.3. The number of alkyl halides is 12. The van der Waals surface area contributed by atoms with E-state index in [-0.39, 0.29) is 41.9 Å². The average molecular weight is 952 g/mol. The molecule has 2 aliphatic rings. The zero-order valence-corrected chi connectivity index (χ0v) is 36.7. The van der Waals surface area contributed by atoms with Crippen LogP contribution in [0.3, 0.4) is 0 Å². The van der Waals surface area contributed by atoms with Crippen LogP contribution in [0.5, 0.6) is 0 Å². The first kappa shape index (κ1) is 51.2. The molecule has 0 spiro atoms. The SMILES string of the molecule is C=C1CC(CO[C@H](C)c2cc(C(F)(F)F)cc(C(F)(F)F)c2)(c2ccccc2)C1.C[C@@H](OCC1(c2ccccc2)CC(C)(N(O)Cc2ccccc2)C1)c1cc(C(F)(F)F)cc(C(F)(F)F)c1. The van der Waals surface area contributed by atoms with Crippen LogP contribution in [-0.4, -0.2) is 29.0 Å². The van der Waals surface area contributed by atoms with Gasteiger partial charge in [0.2, 0.25) is 0 Å². The van der Waals surface area contributed by atoms with Gasteiger partial charge in [0.15, 0.2) is 0 Å². The van der Waals surface area contributed by atoms with E-state index in [2.05, 4.69) is 6.58 Å². The fourth-order valence-electron chi connectivity index (χ4n) is 8.99. The molecule has 1 N–H and O–H groups in total. The van der Waals surface area contributed by atoms with E-state index in [4.69, 9.17) is 9.47 Å². The molecule has 67 heavy (non-hydrogen) atoms. The Morgan fingerprint density at radius 3 is 1.21 bits per heavy atom. The summed E-state index contributed by atoms with van der Waals surface area (Å²) in [5.74, 6) is 0. The van der Waals surface area contributed by atoms with Crippen molar-refractivity contribution in [2.75, 3.05) is 13.2 Å². The van der Waals surface area contributed by atoms with Gasteiger partial charge in [-0.25, -0.2) is 0 Å². The predicted octanol–water partition coefficient (Wildman–Crippen LogP) is 15.3. The summed E-state index contributed by atoms with van der Waals surface area (Å²) in [7, 11) is 0. The third kappa shape index (κ3) is 12.3. The Morgan fingerprint density at radius 1 is 0.537 bits per heavy atom. The molecule has 4 nitrogen and oxygen atoms in total. The molecule has 0 unspecified atom stereocenters. The molecule has 0 bridgehead atoms. The second-order valence-corrected chi connectivity index (χ2v) is 17.9. The molecule has 5 aromatic rings. The minimum absolute atomic E-state index is 0.0601. The summed E-state index contributed by atoms with van der Waals surface area (Å²) < 4.78 is 170. The number of benzene rings is 5. The van der Waals surface area contributed by atoms with E-state index in [1.54, 1.807) is 0 Å². The second-order valence-electron chi connectivity index (χ2n) is 17.9. The molecule has 360 valence electrons. The van der Waals surface area contributed by atoms with Crippen LogP contribution in [0.15, 0.2) is 140 Å². The van der Waals surface area contributed by atoms with E-state index in [0.29, 0.717) is 44.4 Å². The summed E-state index contributed by atoms with van der Waals surface area (Å²) in [6.07, 6.45) is -19.3. The predicted molar refractivity (Wildman–Crippen MR) is 228 cm³/mol. The van der Waals surface area contributed by atoms with Crippen molar-refractivity contribution in [2.24, 2.45) is 0 Å². The Morgan fingerprint density at radius 2 is 0.866 bits per heavy atom. The standard InChI is InChI=1S/C29H29F6NO2.C22H20F6O/c1-20(22-13-24(28(30,31)32)15-25(14-22)29(33,34)35)38-19-27(23-11-7-4-8-12-23)17-26(2,18-27)36(37)16-21-9-5-3-6-10-21;1-14-11-20(12-14,17-6-4-3-5-7-17)13-29-15(2)16-8-18(21(23,24)25)10-19(9-16)22(26,27)28/h3-15,20,37H,16-19H2,1-2H3;3-10,15H,1,11-13H2,2H3/t20-,26?,27?;15-/m11/s1. The highest BCUT2D eigenvalue weighted by Gasteiger charge is 2.56. The zero-order chi connectivity index (χ0) is 49.2. The minimum atomic E-state index is -4.93. The summed E-state index contributed by atoms with van der Waals surface area (Å²) in [4.78, 5) is 0. The Bertz CT molecular complexity index is 2370. The van der Waals surface area contributed by atoms with Crippen LogP contribution in [0, 0.1) is 0 Å².